The van der Waals surface area contributed by atoms with Crippen LogP contribution in [0.4, 0.5) is 5.69 Å². The first kappa shape index (κ1) is 11.8. The Balaban J connectivity index is 3.22. The lowest BCUT2D eigenvalue weighted by Crippen LogP contribution is -2.10. The van der Waals surface area contributed by atoms with Gasteiger partial charge in [-0.2, -0.15) is 0 Å². The van der Waals surface area contributed by atoms with Crippen LogP contribution in [0.3, 0.4) is 0 Å². The summed E-state index contributed by atoms with van der Waals surface area (Å²) in [6.07, 6.45) is 4.07. The summed E-state index contributed by atoms with van der Waals surface area (Å²) >= 11 is 0. The zero-order chi connectivity index (χ0) is 11.4. The van der Waals surface area contributed by atoms with Crippen LogP contribution in [0.2, 0.25) is 0 Å². The van der Waals surface area contributed by atoms with Crippen LogP contribution in [-0.2, 0) is 0 Å². The Morgan fingerprint density at radius 2 is 1.80 bits per heavy atom. The van der Waals surface area contributed by atoms with Crippen LogP contribution in [0.5, 0.6) is 0 Å². The van der Waals surface area contributed by atoms with Gasteiger partial charge in [0.2, 0.25) is 0 Å². The molecule has 1 aromatic rings. The highest BCUT2D eigenvalue weighted by atomic mass is 15.1. The second kappa shape index (κ2) is 4.99. The normalized spacial score (nSPS) is 11.0. The van der Waals surface area contributed by atoms with Gasteiger partial charge >= 0.3 is 0 Å². The smallest absolute Gasteiger partial charge is 0.0437 e. The van der Waals surface area contributed by atoms with Gasteiger partial charge in [-0.25, -0.2) is 0 Å². The molecular weight excluding hydrogens is 184 g/mol. The summed E-state index contributed by atoms with van der Waals surface area (Å²) in [6.45, 7) is 4.85. The van der Waals surface area contributed by atoms with E-state index in [1.807, 2.05) is 6.08 Å². The number of rotatable bonds is 3. The van der Waals surface area contributed by atoms with Gasteiger partial charge in [0.15, 0.2) is 0 Å². The van der Waals surface area contributed by atoms with Crippen molar-refractivity contribution in [1.29, 1.82) is 0 Å². The highest BCUT2D eigenvalue weighted by Gasteiger charge is 2.04. The van der Waals surface area contributed by atoms with E-state index in [0.717, 1.165) is 0 Å². The van der Waals surface area contributed by atoms with Gasteiger partial charge in [-0.3, -0.25) is 0 Å². The fourth-order valence-corrected chi connectivity index (χ4v) is 1.54. The molecule has 1 aromatic carbocycles. The van der Waals surface area contributed by atoms with Gasteiger partial charge in [0, 0.05) is 26.3 Å². The third kappa shape index (κ3) is 2.83. The monoisotopic (exact) mass is 204 g/mol. The fourth-order valence-electron chi connectivity index (χ4n) is 1.54. The molecule has 0 radical (unpaired) electrons. The van der Waals surface area contributed by atoms with E-state index in [1.54, 1.807) is 0 Å². The minimum Gasteiger partial charge on any atom is -0.377 e. The van der Waals surface area contributed by atoms with E-state index in [9.17, 15) is 0 Å². The standard InChI is InChI=1S/C13H20N2/c1-10-8-12(6-5-7-14)13(15(3)4)9-11(10)2/h5-6,8-9H,7,14H2,1-4H3/b6-5+. The molecule has 2 N–H and O–H groups in total. The average molecular weight is 204 g/mol. The largest absolute Gasteiger partial charge is 0.377 e. The minimum atomic E-state index is 0.583. The quantitative estimate of drug-likeness (QED) is 0.819. The Morgan fingerprint density at radius 1 is 1.20 bits per heavy atom. The first-order valence-corrected chi connectivity index (χ1v) is 5.21. The SMILES string of the molecule is Cc1cc(/C=C/CN)c(N(C)C)cc1C. The van der Waals surface area contributed by atoms with Crippen molar-refractivity contribution >= 4 is 11.8 Å². The van der Waals surface area contributed by atoms with E-state index in [4.69, 9.17) is 5.73 Å². The molecule has 0 atom stereocenters. The van der Waals surface area contributed by atoms with Crippen molar-refractivity contribution in [1.82, 2.24) is 0 Å². The van der Waals surface area contributed by atoms with Gasteiger partial charge in [0.05, 0.1) is 0 Å². The molecule has 0 amide bonds. The van der Waals surface area contributed by atoms with Gasteiger partial charge < -0.3 is 10.6 Å². The van der Waals surface area contributed by atoms with Crippen molar-refractivity contribution in [3.8, 4) is 0 Å². The van der Waals surface area contributed by atoms with Crippen LogP contribution in [-0.4, -0.2) is 20.6 Å². The Bertz CT molecular complexity index is 365. The molecule has 0 saturated carbocycles. The first-order chi connectivity index (χ1) is 7.06. The molecule has 0 aliphatic rings. The van der Waals surface area contributed by atoms with Crippen LogP contribution in [0.25, 0.3) is 6.08 Å². The van der Waals surface area contributed by atoms with E-state index < -0.39 is 0 Å². The van der Waals surface area contributed by atoms with Gasteiger partial charge in [-0.05, 0) is 42.7 Å². The molecule has 2 heteroatoms. The highest BCUT2D eigenvalue weighted by molar-refractivity contribution is 5.69. The molecule has 0 aliphatic heterocycles. The molecule has 0 saturated heterocycles. The van der Waals surface area contributed by atoms with Crippen LogP contribution in [0, 0.1) is 13.8 Å². The lowest BCUT2D eigenvalue weighted by atomic mass is 10.0. The summed E-state index contributed by atoms with van der Waals surface area (Å²) in [5.74, 6) is 0. The second-order valence-electron chi connectivity index (χ2n) is 4.03. The highest BCUT2D eigenvalue weighted by Crippen LogP contribution is 2.24. The third-order valence-corrected chi connectivity index (χ3v) is 2.56. The number of hydrogen-bond donors (Lipinski definition) is 1. The molecule has 0 aromatic heterocycles. The Labute approximate surface area is 92.4 Å². The van der Waals surface area contributed by atoms with Crippen LogP contribution in [0.1, 0.15) is 16.7 Å². The van der Waals surface area contributed by atoms with Crippen molar-refractivity contribution in [2.45, 2.75) is 13.8 Å². The molecule has 15 heavy (non-hydrogen) atoms. The van der Waals surface area contributed by atoms with Crippen LogP contribution >= 0.6 is 0 Å². The molecule has 82 valence electrons. The molecule has 0 spiro atoms. The van der Waals surface area contributed by atoms with Gasteiger partial charge in [0.1, 0.15) is 0 Å². The van der Waals surface area contributed by atoms with E-state index in [2.05, 4.69) is 51.1 Å². The maximum atomic E-state index is 5.47. The molecule has 0 unspecified atom stereocenters. The Hall–Kier alpha value is -1.28. The molecular formula is C13H20N2. The average Bonchev–Trinajstić information content (AvgIpc) is 2.19. The zero-order valence-corrected chi connectivity index (χ0v) is 10.0. The van der Waals surface area contributed by atoms with E-state index in [-0.39, 0.29) is 0 Å². The summed E-state index contributed by atoms with van der Waals surface area (Å²) in [7, 11) is 4.12. The lowest BCUT2D eigenvalue weighted by molar-refractivity contribution is 1.12. The van der Waals surface area contributed by atoms with Gasteiger partial charge in [0.25, 0.3) is 0 Å². The number of benzene rings is 1. The predicted molar refractivity (Wildman–Crippen MR) is 68.3 cm³/mol. The zero-order valence-electron chi connectivity index (χ0n) is 10.0. The Kier molecular flexibility index (Phi) is 3.92. The first-order valence-electron chi connectivity index (χ1n) is 5.21. The summed E-state index contributed by atoms with van der Waals surface area (Å²) in [4.78, 5) is 2.13. The molecule has 2 nitrogen and oxygen atoms in total. The van der Waals surface area contributed by atoms with Crippen LogP contribution in [0.15, 0.2) is 18.2 Å². The predicted octanol–water partition coefficient (Wildman–Crippen LogP) is 2.34. The summed E-state index contributed by atoms with van der Waals surface area (Å²) < 4.78 is 0. The topological polar surface area (TPSA) is 29.3 Å². The van der Waals surface area contributed by atoms with Crippen molar-refractivity contribution in [3.63, 3.8) is 0 Å². The van der Waals surface area contributed by atoms with Crippen molar-refractivity contribution in [3.05, 3.63) is 34.9 Å². The molecule has 0 heterocycles. The molecule has 1 rings (SSSR count). The van der Waals surface area contributed by atoms with Crippen molar-refractivity contribution in [2.24, 2.45) is 5.73 Å². The number of hydrogen-bond acceptors (Lipinski definition) is 2. The van der Waals surface area contributed by atoms with E-state index in [0.29, 0.717) is 6.54 Å². The number of anilines is 1. The third-order valence-electron chi connectivity index (χ3n) is 2.56. The van der Waals surface area contributed by atoms with Crippen LogP contribution < -0.4 is 10.6 Å². The van der Waals surface area contributed by atoms with Crippen molar-refractivity contribution in [2.75, 3.05) is 25.5 Å². The van der Waals surface area contributed by atoms with Gasteiger partial charge in [-0.1, -0.05) is 12.2 Å². The fraction of sp³-hybridized carbons (Fsp3) is 0.385. The summed E-state index contributed by atoms with van der Waals surface area (Å²) in [5, 5.41) is 0. The number of aryl methyl sites for hydroxylation is 2. The number of nitrogens with zero attached hydrogens (tertiary/aromatic N) is 1. The van der Waals surface area contributed by atoms with Gasteiger partial charge in [-0.15, -0.1) is 0 Å². The summed E-state index contributed by atoms with van der Waals surface area (Å²) in [5.41, 5.74) is 10.6. The van der Waals surface area contributed by atoms with E-state index in [1.165, 1.54) is 22.4 Å². The minimum absolute atomic E-state index is 0.583. The lowest BCUT2D eigenvalue weighted by Gasteiger charge is -2.17. The second-order valence-corrected chi connectivity index (χ2v) is 4.03. The summed E-state index contributed by atoms with van der Waals surface area (Å²) in [6, 6.07) is 4.42. The Morgan fingerprint density at radius 3 is 2.33 bits per heavy atom. The number of nitrogens with two attached hydrogens (primary N) is 1. The maximum absolute atomic E-state index is 5.47. The molecule has 0 aliphatic carbocycles. The maximum Gasteiger partial charge on any atom is 0.0437 e. The molecule has 0 fully saturated rings. The van der Waals surface area contributed by atoms with Crippen molar-refractivity contribution < 1.29 is 0 Å². The van der Waals surface area contributed by atoms with E-state index >= 15 is 0 Å². The molecule has 0 bridgehead atoms.